The number of ether oxygens (including phenoxy) is 2. The van der Waals surface area contributed by atoms with Crippen molar-refractivity contribution in [1.29, 1.82) is 0 Å². The number of amides is 1. The van der Waals surface area contributed by atoms with Crippen LogP contribution in [0.1, 0.15) is 17.5 Å². The summed E-state index contributed by atoms with van der Waals surface area (Å²) in [5, 5.41) is 2.62. The molecule has 3 rings (SSSR count). The second-order valence-electron chi connectivity index (χ2n) is 5.76. The number of para-hydroxylation sites is 1. The molecule has 0 aliphatic carbocycles. The molecule has 6 heteroatoms. The van der Waals surface area contributed by atoms with Gasteiger partial charge in [-0.3, -0.25) is 4.79 Å². The third-order valence-electron chi connectivity index (χ3n) is 3.65. The average molecular weight is 386 g/mol. The van der Waals surface area contributed by atoms with Crippen LogP contribution in [0.25, 0.3) is 6.08 Å². The number of thioether (sulfide) groups is 1. The molecule has 1 amide bonds. The van der Waals surface area contributed by atoms with Crippen LogP contribution in [-0.2, 0) is 4.79 Å². The Hall–Kier alpha value is -2.31. The lowest BCUT2D eigenvalue weighted by Gasteiger charge is -2.10. The van der Waals surface area contributed by atoms with Gasteiger partial charge >= 0.3 is 0 Å². The Morgan fingerprint density at radius 1 is 1.12 bits per heavy atom. The van der Waals surface area contributed by atoms with Crippen molar-refractivity contribution in [2.45, 2.75) is 13.3 Å². The predicted molar refractivity (Wildman–Crippen MR) is 110 cm³/mol. The summed E-state index contributed by atoms with van der Waals surface area (Å²) < 4.78 is 12.1. The first-order valence-electron chi connectivity index (χ1n) is 8.28. The maximum Gasteiger partial charge on any atom is 0.263 e. The van der Waals surface area contributed by atoms with Crippen LogP contribution >= 0.6 is 24.0 Å². The largest absolute Gasteiger partial charge is 0.493 e. The number of thiocarbonyl (C=S) groups is 1. The number of hydrogen-bond donors (Lipinski definition) is 1. The van der Waals surface area contributed by atoms with E-state index in [9.17, 15) is 4.79 Å². The van der Waals surface area contributed by atoms with E-state index in [2.05, 4.69) is 5.32 Å². The average Bonchev–Trinajstić information content (AvgIpc) is 2.93. The molecule has 4 nitrogen and oxygen atoms in total. The van der Waals surface area contributed by atoms with Crippen LogP contribution in [0, 0.1) is 6.92 Å². The molecule has 2 aromatic carbocycles. The molecular weight excluding hydrogens is 366 g/mol. The SMILES string of the molecule is Cc1cccc(OCCCOc2ccccc2C=C2SC(=S)NC2=O)c1. The summed E-state index contributed by atoms with van der Waals surface area (Å²) >= 11 is 6.28. The fourth-order valence-electron chi connectivity index (χ4n) is 2.43. The van der Waals surface area contributed by atoms with Gasteiger partial charge in [0.1, 0.15) is 15.8 Å². The van der Waals surface area contributed by atoms with Gasteiger partial charge in [-0.2, -0.15) is 0 Å². The number of nitrogens with one attached hydrogen (secondary N) is 1. The standard InChI is InChI=1S/C20H19NO3S2/c1-14-6-4-8-16(12-14)23-10-5-11-24-17-9-3-2-7-15(17)13-18-19(22)21-20(25)26-18/h2-4,6-9,12-13H,5,10-11H2,1H3,(H,21,22,25). The molecule has 1 aliphatic rings. The third-order valence-corrected chi connectivity index (χ3v) is 4.81. The zero-order valence-corrected chi connectivity index (χ0v) is 16.0. The first kappa shape index (κ1) is 18.5. The van der Waals surface area contributed by atoms with Gasteiger partial charge in [-0.05, 0) is 36.8 Å². The lowest BCUT2D eigenvalue weighted by Crippen LogP contribution is -2.17. The summed E-state index contributed by atoms with van der Waals surface area (Å²) in [6.07, 6.45) is 2.57. The molecule has 0 atom stereocenters. The number of carbonyl (C=O) groups is 1. The van der Waals surface area contributed by atoms with Crippen LogP contribution in [0.15, 0.2) is 53.4 Å². The third kappa shape index (κ3) is 5.09. The molecular formula is C20H19NO3S2. The summed E-state index contributed by atoms with van der Waals surface area (Å²) in [5.41, 5.74) is 2.03. The fraction of sp³-hybridized carbons (Fsp3) is 0.200. The molecule has 1 saturated heterocycles. The maximum atomic E-state index is 11.8. The van der Waals surface area contributed by atoms with E-state index in [0.29, 0.717) is 22.4 Å². The molecule has 1 N–H and O–H groups in total. The van der Waals surface area contributed by atoms with Crippen LogP contribution in [0.3, 0.4) is 0 Å². The van der Waals surface area contributed by atoms with Gasteiger partial charge in [0, 0.05) is 12.0 Å². The van der Waals surface area contributed by atoms with Gasteiger partial charge in [-0.25, -0.2) is 0 Å². The van der Waals surface area contributed by atoms with Crippen molar-refractivity contribution < 1.29 is 14.3 Å². The molecule has 0 aromatic heterocycles. The van der Waals surface area contributed by atoms with E-state index in [0.717, 1.165) is 23.5 Å². The number of carbonyl (C=O) groups excluding carboxylic acids is 1. The zero-order valence-electron chi connectivity index (χ0n) is 14.4. The number of rotatable bonds is 7. The molecule has 0 spiro atoms. The summed E-state index contributed by atoms with van der Waals surface area (Å²) in [7, 11) is 0. The minimum Gasteiger partial charge on any atom is -0.493 e. The second-order valence-corrected chi connectivity index (χ2v) is 7.48. The Bertz CT molecular complexity index is 848. The molecule has 0 saturated carbocycles. The van der Waals surface area contributed by atoms with Crippen LogP contribution < -0.4 is 14.8 Å². The topological polar surface area (TPSA) is 47.6 Å². The van der Waals surface area contributed by atoms with Crippen molar-refractivity contribution in [3.63, 3.8) is 0 Å². The van der Waals surface area contributed by atoms with Crippen molar-refractivity contribution in [2.75, 3.05) is 13.2 Å². The van der Waals surface area contributed by atoms with Crippen LogP contribution in [0.5, 0.6) is 11.5 Å². The van der Waals surface area contributed by atoms with Gasteiger partial charge in [0.25, 0.3) is 5.91 Å². The van der Waals surface area contributed by atoms with Crippen molar-refractivity contribution in [2.24, 2.45) is 0 Å². The summed E-state index contributed by atoms with van der Waals surface area (Å²) in [4.78, 5) is 12.4. The smallest absolute Gasteiger partial charge is 0.263 e. The van der Waals surface area contributed by atoms with E-state index >= 15 is 0 Å². The van der Waals surface area contributed by atoms with Crippen LogP contribution in [0.2, 0.25) is 0 Å². The highest BCUT2D eigenvalue weighted by atomic mass is 32.2. The number of aryl methyl sites for hydroxylation is 1. The minimum atomic E-state index is -0.165. The van der Waals surface area contributed by atoms with Crippen molar-refractivity contribution in [1.82, 2.24) is 5.32 Å². The zero-order chi connectivity index (χ0) is 18.4. The molecule has 1 fully saturated rings. The van der Waals surface area contributed by atoms with Gasteiger partial charge in [0.15, 0.2) is 0 Å². The lowest BCUT2D eigenvalue weighted by atomic mass is 10.2. The second kappa shape index (κ2) is 8.87. The molecule has 1 heterocycles. The van der Waals surface area contributed by atoms with E-state index in [1.165, 1.54) is 17.3 Å². The minimum absolute atomic E-state index is 0.165. The van der Waals surface area contributed by atoms with Gasteiger partial charge in [0.2, 0.25) is 0 Å². The van der Waals surface area contributed by atoms with E-state index in [4.69, 9.17) is 21.7 Å². The van der Waals surface area contributed by atoms with Gasteiger partial charge in [-0.1, -0.05) is 54.3 Å². The van der Waals surface area contributed by atoms with Crippen LogP contribution in [-0.4, -0.2) is 23.4 Å². The Morgan fingerprint density at radius 3 is 2.69 bits per heavy atom. The maximum absolute atomic E-state index is 11.8. The lowest BCUT2D eigenvalue weighted by molar-refractivity contribution is -0.115. The monoisotopic (exact) mass is 385 g/mol. The van der Waals surface area contributed by atoms with Gasteiger partial charge < -0.3 is 14.8 Å². The van der Waals surface area contributed by atoms with Crippen molar-refractivity contribution in [3.05, 3.63) is 64.6 Å². The Labute approximate surface area is 162 Å². The predicted octanol–water partition coefficient (Wildman–Crippen LogP) is 4.33. The van der Waals surface area contributed by atoms with E-state index in [1.807, 2.05) is 55.5 Å². The highest BCUT2D eigenvalue weighted by Crippen LogP contribution is 2.29. The van der Waals surface area contributed by atoms with Crippen LogP contribution in [0.4, 0.5) is 0 Å². The molecule has 2 aromatic rings. The number of benzene rings is 2. The Balaban J connectivity index is 1.53. The highest BCUT2D eigenvalue weighted by Gasteiger charge is 2.22. The Morgan fingerprint density at radius 2 is 1.92 bits per heavy atom. The molecule has 0 unspecified atom stereocenters. The molecule has 134 valence electrons. The van der Waals surface area contributed by atoms with Crippen molar-refractivity contribution >= 4 is 40.3 Å². The van der Waals surface area contributed by atoms with E-state index in [-0.39, 0.29) is 5.91 Å². The number of hydrogen-bond acceptors (Lipinski definition) is 5. The van der Waals surface area contributed by atoms with Gasteiger partial charge in [-0.15, -0.1) is 0 Å². The Kier molecular flexibility index (Phi) is 6.30. The quantitative estimate of drug-likeness (QED) is 0.437. The first-order chi connectivity index (χ1) is 12.6. The summed E-state index contributed by atoms with van der Waals surface area (Å²) in [5.74, 6) is 1.44. The van der Waals surface area contributed by atoms with Crippen molar-refractivity contribution in [3.8, 4) is 11.5 Å². The summed E-state index contributed by atoms with van der Waals surface area (Å²) in [6, 6.07) is 15.6. The first-order valence-corrected chi connectivity index (χ1v) is 9.50. The molecule has 26 heavy (non-hydrogen) atoms. The van der Waals surface area contributed by atoms with E-state index < -0.39 is 0 Å². The molecule has 0 bridgehead atoms. The fourth-order valence-corrected chi connectivity index (χ4v) is 3.46. The summed E-state index contributed by atoms with van der Waals surface area (Å²) in [6.45, 7) is 3.15. The molecule has 1 aliphatic heterocycles. The normalized spacial score (nSPS) is 15.2. The highest BCUT2D eigenvalue weighted by molar-refractivity contribution is 8.26. The van der Waals surface area contributed by atoms with Gasteiger partial charge in [0.05, 0.1) is 18.1 Å². The van der Waals surface area contributed by atoms with E-state index in [1.54, 1.807) is 6.08 Å². The molecule has 0 radical (unpaired) electrons.